The van der Waals surface area contributed by atoms with Gasteiger partial charge in [0.05, 0.1) is 35.9 Å². The van der Waals surface area contributed by atoms with Crippen LogP contribution < -0.4 is 10.6 Å². The molecule has 0 spiro atoms. The first-order valence-electron chi connectivity index (χ1n) is 14.0. The Hall–Kier alpha value is -3.74. The Morgan fingerprint density at radius 3 is 1.61 bits per heavy atom. The van der Waals surface area contributed by atoms with Crippen molar-refractivity contribution in [1.82, 2.24) is 30.6 Å². The van der Waals surface area contributed by atoms with Crippen molar-refractivity contribution in [3.8, 4) is 33.6 Å². The molecule has 2 aliphatic heterocycles. The SMILES string of the molecule is c1cc(-c2cnc([C@@H]3C[C@@H]4CC4N3)[nH]2)ccc1-c1ccc2cc(-c3cnc([C@@H]4C[C@@H]5CC5N4)[nH]3)ccc2c1. The molecule has 4 heterocycles. The number of aromatic nitrogens is 4. The fourth-order valence-corrected chi connectivity index (χ4v) is 6.82. The maximum atomic E-state index is 4.69. The van der Waals surface area contributed by atoms with Gasteiger partial charge in [-0.2, -0.15) is 0 Å². The molecule has 4 aliphatic rings. The van der Waals surface area contributed by atoms with Gasteiger partial charge in [-0.05, 0) is 77.1 Å². The molecule has 3 aromatic carbocycles. The highest BCUT2D eigenvalue weighted by atomic mass is 15.1. The lowest BCUT2D eigenvalue weighted by molar-refractivity contribution is 0.543. The minimum Gasteiger partial charge on any atom is -0.341 e. The zero-order valence-electron chi connectivity index (χ0n) is 21.1. The molecule has 0 bridgehead atoms. The molecule has 2 unspecified atom stereocenters. The number of imidazole rings is 2. The Balaban J connectivity index is 0.938. The highest BCUT2D eigenvalue weighted by Crippen LogP contribution is 2.46. The van der Waals surface area contributed by atoms with E-state index in [2.05, 4.69) is 86.2 Å². The number of hydrogen-bond acceptors (Lipinski definition) is 4. The van der Waals surface area contributed by atoms with E-state index in [0.29, 0.717) is 12.1 Å². The number of fused-ring (bicyclic) bond motifs is 3. The van der Waals surface area contributed by atoms with Gasteiger partial charge in [-0.25, -0.2) is 9.97 Å². The Morgan fingerprint density at radius 2 is 1.03 bits per heavy atom. The predicted octanol–water partition coefficient (Wildman–Crippen LogP) is 6.13. The van der Waals surface area contributed by atoms with Crippen LogP contribution in [-0.2, 0) is 0 Å². The van der Waals surface area contributed by atoms with Gasteiger partial charge in [0.25, 0.3) is 0 Å². The fourth-order valence-electron chi connectivity index (χ4n) is 6.82. The van der Waals surface area contributed by atoms with E-state index in [1.165, 1.54) is 58.7 Å². The summed E-state index contributed by atoms with van der Waals surface area (Å²) in [4.78, 5) is 16.5. The van der Waals surface area contributed by atoms with Crippen molar-refractivity contribution in [1.29, 1.82) is 0 Å². The zero-order chi connectivity index (χ0) is 24.8. The zero-order valence-corrected chi connectivity index (χ0v) is 21.1. The van der Waals surface area contributed by atoms with E-state index in [0.717, 1.165) is 47.0 Å². The minimum atomic E-state index is 0.381. The average molecular weight is 499 g/mol. The fraction of sp³-hybridized carbons (Fsp3) is 0.312. The lowest BCUT2D eigenvalue weighted by atomic mass is 9.98. The number of rotatable bonds is 5. The summed E-state index contributed by atoms with van der Waals surface area (Å²) in [7, 11) is 0. The second kappa shape index (κ2) is 7.88. The molecule has 188 valence electrons. The monoisotopic (exact) mass is 498 g/mol. The molecule has 2 aromatic heterocycles. The van der Waals surface area contributed by atoms with Crippen molar-refractivity contribution in [3.63, 3.8) is 0 Å². The van der Waals surface area contributed by atoms with E-state index in [4.69, 9.17) is 4.98 Å². The summed E-state index contributed by atoms with van der Waals surface area (Å²) in [6, 6.07) is 24.4. The third kappa shape index (κ3) is 3.55. The van der Waals surface area contributed by atoms with Gasteiger partial charge in [-0.15, -0.1) is 0 Å². The van der Waals surface area contributed by atoms with Crippen LogP contribution in [0.25, 0.3) is 44.4 Å². The van der Waals surface area contributed by atoms with Crippen LogP contribution in [0.1, 0.15) is 49.4 Å². The molecule has 2 aliphatic carbocycles. The molecular weight excluding hydrogens is 468 g/mol. The molecule has 6 heteroatoms. The number of H-pyrrole nitrogens is 2. The Bertz CT molecular complexity index is 1660. The lowest BCUT2D eigenvalue weighted by Crippen LogP contribution is -2.18. The average Bonchev–Trinajstić information content (AvgIpc) is 3.52. The molecule has 38 heavy (non-hydrogen) atoms. The molecule has 2 saturated heterocycles. The van der Waals surface area contributed by atoms with E-state index < -0.39 is 0 Å². The third-order valence-electron chi connectivity index (χ3n) is 9.28. The largest absolute Gasteiger partial charge is 0.341 e. The molecule has 6 atom stereocenters. The highest BCUT2D eigenvalue weighted by Gasteiger charge is 2.47. The summed E-state index contributed by atoms with van der Waals surface area (Å²) in [6.45, 7) is 0. The number of hydrogen-bond donors (Lipinski definition) is 4. The number of piperidine rings is 2. The van der Waals surface area contributed by atoms with Crippen molar-refractivity contribution in [2.45, 2.75) is 49.9 Å². The van der Waals surface area contributed by atoms with Crippen LogP contribution in [-0.4, -0.2) is 32.0 Å². The number of nitrogens with zero attached hydrogens (tertiary/aromatic N) is 2. The summed E-state index contributed by atoms with van der Waals surface area (Å²) in [5.74, 6) is 3.87. The molecule has 4 N–H and O–H groups in total. The topological polar surface area (TPSA) is 81.4 Å². The Kier molecular flexibility index (Phi) is 4.40. The van der Waals surface area contributed by atoms with E-state index >= 15 is 0 Å². The maximum Gasteiger partial charge on any atom is 0.123 e. The van der Waals surface area contributed by atoms with Gasteiger partial charge in [-0.3, -0.25) is 0 Å². The van der Waals surface area contributed by atoms with Crippen molar-refractivity contribution in [2.24, 2.45) is 11.8 Å². The summed E-state index contributed by atoms with van der Waals surface area (Å²) < 4.78 is 0. The first-order chi connectivity index (χ1) is 18.7. The van der Waals surface area contributed by atoms with E-state index in [1.807, 2.05) is 12.4 Å². The van der Waals surface area contributed by atoms with Crippen LogP contribution in [0.3, 0.4) is 0 Å². The second-order valence-electron chi connectivity index (χ2n) is 11.8. The highest BCUT2D eigenvalue weighted by molar-refractivity contribution is 5.90. The maximum absolute atomic E-state index is 4.69. The molecule has 6 nitrogen and oxygen atoms in total. The number of aromatic amines is 2. The van der Waals surface area contributed by atoms with E-state index in [-0.39, 0.29) is 0 Å². The summed E-state index contributed by atoms with van der Waals surface area (Å²) in [5, 5.41) is 9.85. The summed E-state index contributed by atoms with van der Waals surface area (Å²) in [6.07, 6.45) is 9.05. The van der Waals surface area contributed by atoms with Crippen LogP contribution in [0.5, 0.6) is 0 Å². The van der Waals surface area contributed by atoms with Crippen LogP contribution in [0.2, 0.25) is 0 Å². The summed E-state index contributed by atoms with van der Waals surface area (Å²) in [5.41, 5.74) is 6.97. The molecule has 0 amide bonds. The summed E-state index contributed by atoms with van der Waals surface area (Å²) >= 11 is 0. The van der Waals surface area contributed by atoms with E-state index in [9.17, 15) is 0 Å². The van der Waals surface area contributed by atoms with Gasteiger partial charge in [0.15, 0.2) is 0 Å². The quantitative estimate of drug-likeness (QED) is 0.235. The van der Waals surface area contributed by atoms with Crippen LogP contribution in [0.15, 0.2) is 73.1 Å². The predicted molar refractivity (Wildman–Crippen MR) is 149 cm³/mol. The second-order valence-corrected chi connectivity index (χ2v) is 11.8. The van der Waals surface area contributed by atoms with Gasteiger partial charge >= 0.3 is 0 Å². The lowest BCUT2D eigenvalue weighted by Gasteiger charge is -2.10. The van der Waals surface area contributed by atoms with Crippen molar-refractivity contribution >= 4 is 10.8 Å². The first-order valence-corrected chi connectivity index (χ1v) is 14.0. The minimum absolute atomic E-state index is 0.381. The van der Waals surface area contributed by atoms with Crippen molar-refractivity contribution < 1.29 is 0 Å². The molecular formula is C32H30N6. The molecule has 2 saturated carbocycles. The number of benzene rings is 3. The smallest absolute Gasteiger partial charge is 0.123 e. The van der Waals surface area contributed by atoms with Crippen LogP contribution >= 0.6 is 0 Å². The number of nitrogens with one attached hydrogen (secondary N) is 4. The van der Waals surface area contributed by atoms with Crippen LogP contribution in [0, 0.1) is 11.8 Å². The standard InChI is InChI=1S/C32H30N6/c1-3-18(29-15-33-31(37-29)27-13-23-11-25(23)35-27)4-2-17(1)19-5-6-21-10-22(8-7-20(21)9-19)30-16-34-32(38-30)28-14-24-12-26(24)36-28/h1-10,15-16,23-28,35-36H,11-14H2,(H,33,37)(H,34,38)/t23-,24-,25?,26?,27-,28-/m0/s1. The van der Waals surface area contributed by atoms with Crippen LogP contribution in [0.4, 0.5) is 0 Å². The first kappa shape index (κ1) is 21.2. The van der Waals surface area contributed by atoms with Gasteiger partial charge in [-0.1, -0.05) is 48.5 Å². The van der Waals surface area contributed by atoms with Gasteiger partial charge in [0.2, 0.25) is 0 Å². The Morgan fingerprint density at radius 1 is 0.526 bits per heavy atom. The van der Waals surface area contributed by atoms with Crippen molar-refractivity contribution in [2.75, 3.05) is 0 Å². The normalized spacial score (nSPS) is 28.9. The molecule has 0 radical (unpaired) electrons. The van der Waals surface area contributed by atoms with Gasteiger partial charge in [0.1, 0.15) is 11.6 Å². The van der Waals surface area contributed by atoms with Gasteiger partial charge < -0.3 is 20.6 Å². The Labute approximate surface area is 221 Å². The van der Waals surface area contributed by atoms with Crippen molar-refractivity contribution in [3.05, 3.63) is 84.7 Å². The molecule has 9 rings (SSSR count). The molecule has 5 aromatic rings. The molecule has 4 fully saturated rings. The van der Waals surface area contributed by atoms with Gasteiger partial charge in [0, 0.05) is 17.6 Å². The van der Waals surface area contributed by atoms with E-state index in [1.54, 1.807) is 0 Å². The third-order valence-corrected chi connectivity index (χ3v) is 9.28.